The second-order valence-corrected chi connectivity index (χ2v) is 10.4. The van der Waals surface area contributed by atoms with Crippen molar-refractivity contribution in [1.29, 1.82) is 0 Å². The fraction of sp³-hybridized carbons (Fsp3) is 0. The minimum Gasteiger partial charge on any atom is -0.455 e. The van der Waals surface area contributed by atoms with Gasteiger partial charge in [0.1, 0.15) is 11.2 Å². The highest BCUT2D eigenvalue weighted by molar-refractivity contribution is 6.24. The first-order valence-electron chi connectivity index (χ1n) is 16.6. The van der Waals surface area contributed by atoms with Gasteiger partial charge >= 0.3 is 0 Å². The molecule has 0 bridgehead atoms. The molecule has 41 heavy (non-hydrogen) atoms. The molecule has 0 aliphatic carbocycles. The number of rotatable bonds is 2. The number of hydrogen-bond donors (Lipinski definition) is 0. The number of furan rings is 1. The zero-order chi connectivity index (χ0) is 32.1. The predicted molar refractivity (Wildman–Crippen MR) is 175 cm³/mol. The summed E-state index contributed by atoms with van der Waals surface area (Å²) in [6.07, 6.45) is 0. The molecule has 0 amide bonds. The summed E-state index contributed by atoms with van der Waals surface area (Å²) in [7, 11) is 0. The van der Waals surface area contributed by atoms with Crippen LogP contribution in [0.5, 0.6) is 0 Å². The van der Waals surface area contributed by atoms with E-state index in [1.165, 1.54) is 21.9 Å². The molecule has 0 spiro atoms. The Morgan fingerprint density at radius 2 is 1.10 bits per heavy atom. The summed E-state index contributed by atoms with van der Waals surface area (Å²) in [4.78, 5) is 0. The minimum absolute atomic E-state index is 0.00575. The molecule has 0 aliphatic heterocycles. The van der Waals surface area contributed by atoms with E-state index in [-0.39, 0.29) is 40.5 Å². The molecule has 1 heterocycles. The second kappa shape index (κ2) is 8.55. The summed E-state index contributed by atoms with van der Waals surface area (Å²) in [5, 5.41) is 7.89. The highest BCUT2D eigenvalue weighted by Gasteiger charge is 2.19. The van der Waals surface area contributed by atoms with Crippen molar-refractivity contribution >= 4 is 65.0 Å². The Hall–Kier alpha value is -5.40. The molecule has 0 saturated heterocycles. The first kappa shape index (κ1) is 17.3. The molecule has 1 nitrogen and oxygen atoms in total. The van der Waals surface area contributed by atoms with Crippen LogP contribution in [-0.2, 0) is 0 Å². The number of benzene rings is 8. The Bertz CT molecular complexity index is 2750. The van der Waals surface area contributed by atoms with Crippen LogP contribution in [0.15, 0.2) is 150 Å². The molecule has 9 aromatic rings. The zero-order valence-electron chi connectivity index (χ0n) is 27.8. The van der Waals surface area contributed by atoms with E-state index in [1.807, 2.05) is 18.2 Å². The van der Waals surface area contributed by atoms with Gasteiger partial charge in [-0.15, -0.1) is 0 Å². The van der Waals surface area contributed by atoms with Gasteiger partial charge in [-0.2, -0.15) is 0 Å². The topological polar surface area (TPSA) is 13.1 Å². The molecule has 0 aliphatic rings. The molecule has 0 saturated carbocycles. The Morgan fingerprint density at radius 1 is 0.439 bits per heavy atom. The van der Waals surface area contributed by atoms with Crippen molar-refractivity contribution in [2.45, 2.75) is 0 Å². The van der Waals surface area contributed by atoms with Crippen LogP contribution in [0.3, 0.4) is 0 Å². The largest absolute Gasteiger partial charge is 0.455 e. The monoisotopic (exact) mass is 526 g/mol. The lowest BCUT2D eigenvalue weighted by Gasteiger charge is -2.18. The van der Waals surface area contributed by atoms with E-state index in [1.54, 1.807) is 0 Å². The van der Waals surface area contributed by atoms with Gasteiger partial charge in [0, 0.05) is 16.2 Å². The van der Waals surface area contributed by atoms with Gasteiger partial charge in [0.15, 0.2) is 0 Å². The lowest BCUT2D eigenvalue weighted by Crippen LogP contribution is -1.91. The van der Waals surface area contributed by atoms with Crippen molar-refractivity contribution in [3.63, 3.8) is 0 Å². The summed E-state index contributed by atoms with van der Waals surface area (Å²) in [5.74, 6) is 0. The third-order valence-corrected chi connectivity index (χ3v) is 8.20. The molecule has 1 heteroatoms. The van der Waals surface area contributed by atoms with E-state index in [0.717, 1.165) is 32.7 Å². The normalized spacial score (nSPS) is 14.0. The molecule has 8 aromatic carbocycles. The standard InChI is InChI=1S/C40H24O/c1-3-13-28-25(10-1)12-9-19-31(28)39-34-17-7-5-15-32(34)38(33-16-6-8-18-35(33)39)27-21-22-30-36-23-20-26-11-2-4-14-29(26)40(36)41-37(30)24-27/h1-24H/i2D,4D,11D,14D,20D,23D. The van der Waals surface area contributed by atoms with E-state index in [0.29, 0.717) is 16.4 Å². The molecule has 0 atom stereocenters. The first-order chi connectivity index (χ1) is 22.8. The molecule has 0 radical (unpaired) electrons. The van der Waals surface area contributed by atoms with Gasteiger partial charge in [-0.3, -0.25) is 0 Å². The van der Waals surface area contributed by atoms with Gasteiger partial charge in [-0.1, -0.05) is 127 Å². The van der Waals surface area contributed by atoms with E-state index in [4.69, 9.17) is 12.6 Å². The summed E-state index contributed by atoms with van der Waals surface area (Å²) in [5.41, 5.74) is 4.97. The van der Waals surface area contributed by atoms with Gasteiger partial charge in [-0.05, 0) is 78.1 Å². The molecule has 0 unspecified atom stereocenters. The van der Waals surface area contributed by atoms with Crippen molar-refractivity contribution in [3.05, 3.63) is 145 Å². The first-order valence-corrected chi connectivity index (χ1v) is 13.6. The van der Waals surface area contributed by atoms with Crippen LogP contribution in [0.1, 0.15) is 8.22 Å². The van der Waals surface area contributed by atoms with Crippen molar-refractivity contribution in [2.75, 3.05) is 0 Å². The van der Waals surface area contributed by atoms with E-state index < -0.39 is 12.1 Å². The second-order valence-electron chi connectivity index (χ2n) is 10.4. The van der Waals surface area contributed by atoms with Gasteiger partial charge in [-0.25, -0.2) is 0 Å². The Balaban J connectivity index is 1.38. The third-order valence-electron chi connectivity index (χ3n) is 8.20. The Morgan fingerprint density at radius 3 is 1.88 bits per heavy atom. The molecule has 0 fully saturated rings. The van der Waals surface area contributed by atoms with Crippen molar-refractivity contribution in [3.8, 4) is 22.3 Å². The number of hydrogen-bond acceptors (Lipinski definition) is 1. The molecule has 190 valence electrons. The lowest BCUT2D eigenvalue weighted by atomic mass is 9.84. The fourth-order valence-electron chi connectivity index (χ4n) is 6.43. The predicted octanol–water partition coefficient (Wildman–Crippen LogP) is 11.5. The summed E-state index contributed by atoms with van der Waals surface area (Å²) in [6.45, 7) is 0. The van der Waals surface area contributed by atoms with Gasteiger partial charge < -0.3 is 4.42 Å². The summed E-state index contributed by atoms with van der Waals surface area (Å²) < 4.78 is 57.5. The molecular weight excluding hydrogens is 496 g/mol. The lowest BCUT2D eigenvalue weighted by molar-refractivity contribution is 0.673. The van der Waals surface area contributed by atoms with Crippen LogP contribution in [0, 0.1) is 0 Å². The van der Waals surface area contributed by atoms with Gasteiger partial charge in [0.2, 0.25) is 0 Å². The maximum Gasteiger partial charge on any atom is 0.143 e. The number of fused-ring (bicyclic) bond motifs is 8. The van der Waals surface area contributed by atoms with Crippen LogP contribution in [0.2, 0.25) is 0 Å². The summed E-state index contributed by atoms with van der Waals surface area (Å²) in [6, 6.07) is 35.8. The van der Waals surface area contributed by atoms with E-state index >= 15 is 0 Å². The van der Waals surface area contributed by atoms with Crippen molar-refractivity contribution < 1.29 is 12.6 Å². The van der Waals surface area contributed by atoms with Gasteiger partial charge in [0.25, 0.3) is 0 Å². The minimum atomic E-state index is -0.432. The average molecular weight is 527 g/mol. The highest BCUT2D eigenvalue weighted by Crippen LogP contribution is 2.46. The highest BCUT2D eigenvalue weighted by atomic mass is 16.3. The molecule has 0 N–H and O–H groups in total. The van der Waals surface area contributed by atoms with Crippen LogP contribution in [-0.4, -0.2) is 0 Å². The Labute approximate surface area is 245 Å². The van der Waals surface area contributed by atoms with Gasteiger partial charge in [0.05, 0.1) is 8.22 Å². The van der Waals surface area contributed by atoms with E-state index in [9.17, 15) is 0 Å². The van der Waals surface area contributed by atoms with Crippen LogP contribution >= 0.6 is 0 Å². The quantitative estimate of drug-likeness (QED) is 0.204. The maximum absolute atomic E-state index is 8.86. The van der Waals surface area contributed by atoms with Crippen LogP contribution in [0.4, 0.5) is 0 Å². The maximum atomic E-state index is 8.86. The zero-order valence-corrected chi connectivity index (χ0v) is 21.8. The van der Waals surface area contributed by atoms with Crippen LogP contribution in [0.25, 0.3) is 87.3 Å². The SMILES string of the molecule is [2H]c1c([2H])c([2H])c2c(c1[2H])c([2H])c([2H])c1c3ccc(-c4c5ccccc5c(-c5cccc6ccccc56)c5ccccc45)cc3oc21. The summed E-state index contributed by atoms with van der Waals surface area (Å²) >= 11 is 0. The van der Waals surface area contributed by atoms with Crippen molar-refractivity contribution in [2.24, 2.45) is 0 Å². The fourth-order valence-corrected chi connectivity index (χ4v) is 6.43. The Kier molecular flexibility index (Phi) is 3.61. The molecular formula is C40H24O. The average Bonchev–Trinajstić information content (AvgIpc) is 3.48. The molecule has 9 rings (SSSR count). The van der Waals surface area contributed by atoms with Crippen LogP contribution < -0.4 is 0 Å². The smallest absolute Gasteiger partial charge is 0.143 e. The molecule has 1 aromatic heterocycles. The third kappa shape index (κ3) is 3.24. The van der Waals surface area contributed by atoms with E-state index in [2.05, 4.69) is 91.0 Å². The van der Waals surface area contributed by atoms with Crippen molar-refractivity contribution in [1.82, 2.24) is 0 Å².